The molecule has 162 valence electrons. The Morgan fingerprint density at radius 1 is 1.20 bits per heavy atom. The van der Waals surface area contributed by atoms with Crippen molar-refractivity contribution in [1.29, 1.82) is 0 Å². The van der Waals surface area contributed by atoms with Gasteiger partial charge in [-0.2, -0.15) is 4.31 Å². The molecule has 0 bridgehead atoms. The van der Waals surface area contributed by atoms with Crippen LogP contribution in [0.3, 0.4) is 0 Å². The molecule has 11 heteroatoms. The van der Waals surface area contributed by atoms with Crippen LogP contribution in [0.5, 0.6) is 0 Å². The second-order valence-corrected chi connectivity index (χ2v) is 10.4. The summed E-state index contributed by atoms with van der Waals surface area (Å²) < 4.78 is 53.8. The van der Waals surface area contributed by atoms with E-state index in [2.05, 4.69) is 9.71 Å². The third-order valence-corrected chi connectivity index (χ3v) is 8.04. The van der Waals surface area contributed by atoms with Gasteiger partial charge in [-0.25, -0.2) is 16.8 Å². The summed E-state index contributed by atoms with van der Waals surface area (Å²) in [5.41, 5.74) is 0.880. The summed E-state index contributed by atoms with van der Waals surface area (Å²) in [6.07, 6.45) is 4.86. The third kappa shape index (κ3) is 4.63. The number of carbonyl (C=O) groups is 1. The van der Waals surface area contributed by atoms with E-state index in [1.807, 2.05) is 0 Å². The molecule has 0 aromatic heterocycles. The average molecular weight is 453 g/mol. The Morgan fingerprint density at radius 2 is 1.87 bits per heavy atom. The van der Waals surface area contributed by atoms with Gasteiger partial charge in [0.1, 0.15) is 0 Å². The van der Waals surface area contributed by atoms with Gasteiger partial charge < -0.3 is 10.2 Å². The van der Waals surface area contributed by atoms with E-state index >= 15 is 0 Å². The molecule has 2 heterocycles. The van der Waals surface area contributed by atoms with Crippen LogP contribution in [0.1, 0.15) is 19.4 Å². The number of amides is 1. The molecule has 3 rings (SSSR count). The van der Waals surface area contributed by atoms with E-state index in [1.165, 1.54) is 22.5 Å². The second-order valence-electron chi connectivity index (χ2n) is 6.73. The van der Waals surface area contributed by atoms with Crippen LogP contribution < -0.4 is 5.32 Å². The van der Waals surface area contributed by atoms with E-state index in [9.17, 15) is 21.6 Å². The Labute approximate surface area is 176 Å². The van der Waals surface area contributed by atoms with Gasteiger partial charge in [0.15, 0.2) is 5.84 Å². The zero-order valence-electron chi connectivity index (χ0n) is 16.8. The SMILES string of the molecule is CCN(CC)S(=O)(=O)c1ccc(CNC(=O)C2=CC=CN3CCS(=O)(=O)N=C23)cc1. The van der Waals surface area contributed by atoms with Crippen LogP contribution in [0.15, 0.2) is 57.5 Å². The maximum Gasteiger partial charge on any atom is 0.256 e. The van der Waals surface area contributed by atoms with Crippen molar-refractivity contribution < 1.29 is 21.6 Å². The van der Waals surface area contributed by atoms with Crippen molar-refractivity contribution >= 4 is 31.8 Å². The molecule has 1 aromatic carbocycles. The third-order valence-electron chi connectivity index (χ3n) is 4.82. The molecule has 0 radical (unpaired) electrons. The monoisotopic (exact) mass is 452 g/mol. The van der Waals surface area contributed by atoms with E-state index in [-0.39, 0.29) is 35.1 Å². The Balaban J connectivity index is 1.70. The lowest BCUT2D eigenvalue weighted by Crippen LogP contribution is -2.42. The standard InChI is InChI=1S/C19H24N4O5S2/c1-3-23(4-2)30(27,28)16-9-7-15(8-10-16)14-20-19(24)17-6-5-11-22-12-13-29(25,26)21-18(17)22/h5-11H,3-4,12-14H2,1-2H3,(H,20,24). The number of hydrogen-bond donors (Lipinski definition) is 1. The largest absolute Gasteiger partial charge is 0.348 e. The lowest BCUT2D eigenvalue weighted by Gasteiger charge is -2.28. The highest BCUT2D eigenvalue weighted by Crippen LogP contribution is 2.19. The van der Waals surface area contributed by atoms with Crippen molar-refractivity contribution in [1.82, 2.24) is 14.5 Å². The minimum absolute atomic E-state index is 0.0987. The van der Waals surface area contributed by atoms with Crippen molar-refractivity contribution in [3.63, 3.8) is 0 Å². The molecular formula is C19H24N4O5S2. The number of amidine groups is 1. The number of allylic oxidation sites excluding steroid dienone is 2. The molecule has 0 saturated carbocycles. The van der Waals surface area contributed by atoms with Crippen LogP contribution in [-0.2, 0) is 31.4 Å². The summed E-state index contributed by atoms with van der Waals surface area (Å²) in [7, 11) is -7.13. The van der Waals surface area contributed by atoms with E-state index in [1.54, 1.807) is 43.2 Å². The molecule has 0 unspecified atom stereocenters. The van der Waals surface area contributed by atoms with Crippen LogP contribution in [0.2, 0.25) is 0 Å². The first kappa shape index (κ1) is 22.2. The molecule has 2 aliphatic rings. The second kappa shape index (κ2) is 8.70. The summed E-state index contributed by atoms with van der Waals surface area (Å²) in [6, 6.07) is 6.30. The molecule has 0 atom stereocenters. The van der Waals surface area contributed by atoms with Gasteiger partial charge >= 0.3 is 0 Å². The first-order chi connectivity index (χ1) is 14.2. The smallest absolute Gasteiger partial charge is 0.256 e. The molecule has 30 heavy (non-hydrogen) atoms. The van der Waals surface area contributed by atoms with Crippen LogP contribution >= 0.6 is 0 Å². The van der Waals surface area contributed by atoms with E-state index in [0.717, 1.165) is 0 Å². The highest BCUT2D eigenvalue weighted by atomic mass is 32.2. The Morgan fingerprint density at radius 3 is 2.50 bits per heavy atom. The van der Waals surface area contributed by atoms with Gasteiger partial charge in [0, 0.05) is 32.4 Å². The topological polar surface area (TPSA) is 116 Å². The number of carbonyl (C=O) groups excluding carboxylic acids is 1. The molecular weight excluding hydrogens is 428 g/mol. The van der Waals surface area contributed by atoms with Crippen molar-refractivity contribution in [3.8, 4) is 0 Å². The first-order valence-electron chi connectivity index (χ1n) is 9.53. The van der Waals surface area contributed by atoms with Gasteiger partial charge in [0.05, 0.1) is 16.2 Å². The fraction of sp³-hybridized carbons (Fsp3) is 0.368. The van der Waals surface area contributed by atoms with Gasteiger partial charge in [-0.15, -0.1) is 4.40 Å². The van der Waals surface area contributed by atoms with Crippen LogP contribution in [0.4, 0.5) is 0 Å². The zero-order chi connectivity index (χ0) is 21.9. The molecule has 1 N–H and O–H groups in total. The van der Waals surface area contributed by atoms with E-state index < -0.39 is 26.0 Å². The predicted octanol–water partition coefficient (Wildman–Crippen LogP) is 0.831. The molecule has 0 saturated heterocycles. The number of fused-ring (bicyclic) bond motifs is 1. The number of nitrogens with one attached hydrogen (secondary N) is 1. The normalized spacial score (nSPS) is 17.9. The summed E-state index contributed by atoms with van der Waals surface area (Å²) in [4.78, 5) is 14.4. The van der Waals surface area contributed by atoms with E-state index in [0.29, 0.717) is 18.7 Å². The summed E-state index contributed by atoms with van der Waals surface area (Å²) in [5.74, 6) is -0.444. The van der Waals surface area contributed by atoms with Gasteiger partial charge in [-0.05, 0) is 29.8 Å². The van der Waals surface area contributed by atoms with Crippen LogP contribution in [0.25, 0.3) is 0 Å². The van der Waals surface area contributed by atoms with Crippen molar-refractivity contribution in [2.75, 3.05) is 25.4 Å². The Hall–Kier alpha value is -2.50. The minimum Gasteiger partial charge on any atom is -0.348 e. The molecule has 1 amide bonds. The summed E-state index contributed by atoms with van der Waals surface area (Å²) in [6.45, 7) is 4.73. The first-order valence-corrected chi connectivity index (χ1v) is 12.6. The average Bonchev–Trinajstić information content (AvgIpc) is 2.72. The molecule has 0 aliphatic carbocycles. The van der Waals surface area contributed by atoms with Gasteiger partial charge in [0.25, 0.3) is 15.9 Å². The number of sulfonamides is 2. The summed E-state index contributed by atoms with van der Waals surface area (Å²) >= 11 is 0. The van der Waals surface area contributed by atoms with E-state index in [4.69, 9.17) is 0 Å². The predicted molar refractivity (Wildman–Crippen MR) is 114 cm³/mol. The highest BCUT2D eigenvalue weighted by Gasteiger charge is 2.29. The highest BCUT2D eigenvalue weighted by molar-refractivity contribution is 7.90. The number of nitrogens with zero attached hydrogens (tertiary/aromatic N) is 3. The van der Waals surface area contributed by atoms with Crippen molar-refractivity contribution in [3.05, 3.63) is 53.8 Å². The van der Waals surface area contributed by atoms with Gasteiger partial charge in [0.2, 0.25) is 10.0 Å². The fourth-order valence-corrected chi connectivity index (χ4v) is 5.61. The zero-order valence-corrected chi connectivity index (χ0v) is 18.4. The molecule has 1 aromatic rings. The Kier molecular flexibility index (Phi) is 6.44. The van der Waals surface area contributed by atoms with Gasteiger partial charge in [-0.1, -0.05) is 26.0 Å². The number of benzene rings is 1. The lowest BCUT2D eigenvalue weighted by molar-refractivity contribution is -0.117. The fourth-order valence-electron chi connectivity index (χ4n) is 3.16. The number of rotatable bonds is 7. The molecule has 9 nitrogen and oxygen atoms in total. The van der Waals surface area contributed by atoms with Crippen LogP contribution in [0, 0.1) is 0 Å². The minimum atomic E-state index is -3.59. The lowest BCUT2D eigenvalue weighted by atomic mass is 10.1. The maximum absolute atomic E-state index is 12.6. The molecule has 2 aliphatic heterocycles. The summed E-state index contributed by atoms with van der Waals surface area (Å²) in [5, 5.41) is 2.73. The van der Waals surface area contributed by atoms with Gasteiger partial charge in [-0.3, -0.25) is 4.79 Å². The maximum atomic E-state index is 12.6. The number of hydrogen-bond acceptors (Lipinski definition) is 6. The molecule has 0 spiro atoms. The quantitative estimate of drug-likeness (QED) is 0.655. The van der Waals surface area contributed by atoms with Crippen LogP contribution in [-0.4, -0.2) is 63.2 Å². The molecule has 0 fully saturated rings. The van der Waals surface area contributed by atoms with Crippen molar-refractivity contribution in [2.45, 2.75) is 25.3 Å². The van der Waals surface area contributed by atoms with Crippen molar-refractivity contribution in [2.24, 2.45) is 4.40 Å². The Bertz CT molecular complexity index is 1120.